The molecular weight excluding hydrogens is 571 g/mol. The molecule has 1 aliphatic rings. The molecule has 3 heteroatoms. The van der Waals surface area contributed by atoms with Crippen molar-refractivity contribution >= 4 is 65.2 Å². The Morgan fingerprint density at radius 3 is 1.68 bits per heavy atom. The first-order valence-corrected chi connectivity index (χ1v) is 16.1. The van der Waals surface area contributed by atoms with Crippen LogP contribution < -0.4 is 0 Å². The molecule has 0 saturated carbocycles. The summed E-state index contributed by atoms with van der Waals surface area (Å²) >= 11 is 0. The van der Waals surface area contributed by atoms with Crippen LogP contribution in [0.2, 0.25) is 0 Å². The van der Waals surface area contributed by atoms with Crippen LogP contribution in [0.3, 0.4) is 0 Å². The van der Waals surface area contributed by atoms with Crippen molar-refractivity contribution in [3.63, 3.8) is 0 Å². The van der Waals surface area contributed by atoms with Gasteiger partial charge in [0.25, 0.3) is 0 Å². The SMILES string of the molecule is c1ccc(-c2nc3ccccc3nc2-n2c3cccc4c3c3c5c(cccc5ccc32)-c2c-4c3ccccc3c3ccccc23)cc1. The number of nitrogens with zero attached hydrogens (tertiary/aromatic N) is 3. The molecule has 1 aliphatic carbocycles. The van der Waals surface area contributed by atoms with Crippen molar-refractivity contribution in [2.24, 2.45) is 0 Å². The first-order valence-electron chi connectivity index (χ1n) is 16.1. The summed E-state index contributed by atoms with van der Waals surface area (Å²) in [6.07, 6.45) is 0. The molecule has 8 aromatic carbocycles. The lowest BCUT2D eigenvalue weighted by molar-refractivity contribution is 1.08. The van der Waals surface area contributed by atoms with E-state index in [9.17, 15) is 0 Å². The number of hydrogen-bond donors (Lipinski definition) is 0. The van der Waals surface area contributed by atoms with Gasteiger partial charge in [-0.3, -0.25) is 4.57 Å². The predicted octanol–water partition coefficient (Wildman–Crippen LogP) is 11.5. The standard InChI is InChI=1S/C44H25N3/c1-2-12-27(13-3-1)43-44(46-35-22-9-8-21-34(35)45-43)47-36-23-11-20-33-40-31-18-7-5-16-29(31)28-15-4-6-17-30(28)39(40)32-19-10-14-26-24-25-37(47)42(38(26)32)41(33)36/h1-25H. The zero-order chi connectivity index (χ0) is 30.6. The van der Waals surface area contributed by atoms with Crippen molar-refractivity contribution < 1.29 is 0 Å². The van der Waals surface area contributed by atoms with Gasteiger partial charge in [-0.05, 0) is 78.8 Å². The van der Waals surface area contributed by atoms with Crippen LogP contribution in [-0.2, 0) is 0 Å². The quantitative estimate of drug-likeness (QED) is 0.186. The van der Waals surface area contributed by atoms with Crippen LogP contribution in [0.5, 0.6) is 0 Å². The van der Waals surface area contributed by atoms with Crippen LogP contribution in [0, 0.1) is 0 Å². The van der Waals surface area contributed by atoms with E-state index in [1.807, 2.05) is 18.2 Å². The molecular formula is C44H25N3. The van der Waals surface area contributed by atoms with E-state index < -0.39 is 0 Å². The maximum atomic E-state index is 5.38. The maximum absolute atomic E-state index is 5.38. The molecule has 2 heterocycles. The van der Waals surface area contributed by atoms with Crippen molar-refractivity contribution in [3.8, 4) is 39.3 Å². The summed E-state index contributed by atoms with van der Waals surface area (Å²) in [5.41, 5.74) is 11.1. The molecule has 0 bridgehead atoms. The summed E-state index contributed by atoms with van der Waals surface area (Å²) in [7, 11) is 0. The summed E-state index contributed by atoms with van der Waals surface area (Å²) in [5, 5.41) is 10.2. The summed E-state index contributed by atoms with van der Waals surface area (Å²) in [4.78, 5) is 10.6. The van der Waals surface area contributed by atoms with Gasteiger partial charge in [-0.1, -0.05) is 127 Å². The summed E-state index contributed by atoms with van der Waals surface area (Å²) in [6, 6.07) is 54.6. The van der Waals surface area contributed by atoms with Gasteiger partial charge < -0.3 is 0 Å². The normalized spacial score (nSPS) is 12.3. The highest BCUT2D eigenvalue weighted by molar-refractivity contribution is 6.35. The Morgan fingerprint density at radius 1 is 0.383 bits per heavy atom. The van der Waals surface area contributed by atoms with E-state index in [1.165, 1.54) is 65.3 Å². The smallest absolute Gasteiger partial charge is 0.165 e. The fourth-order valence-corrected chi connectivity index (χ4v) is 8.21. The lowest BCUT2D eigenvalue weighted by atomic mass is 9.84. The van der Waals surface area contributed by atoms with E-state index in [0.29, 0.717) is 0 Å². The zero-order valence-corrected chi connectivity index (χ0v) is 25.3. The van der Waals surface area contributed by atoms with Crippen molar-refractivity contribution in [2.75, 3.05) is 0 Å². The van der Waals surface area contributed by atoms with Gasteiger partial charge in [0.1, 0.15) is 5.69 Å². The number of para-hydroxylation sites is 2. The fourth-order valence-electron chi connectivity index (χ4n) is 8.21. The van der Waals surface area contributed by atoms with Crippen molar-refractivity contribution in [1.29, 1.82) is 0 Å². The van der Waals surface area contributed by atoms with Crippen molar-refractivity contribution in [2.45, 2.75) is 0 Å². The van der Waals surface area contributed by atoms with Crippen LogP contribution >= 0.6 is 0 Å². The van der Waals surface area contributed by atoms with E-state index in [4.69, 9.17) is 9.97 Å². The average molecular weight is 596 g/mol. The highest BCUT2D eigenvalue weighted by Crippen LogP contribution is 2.54. The molecule has 10 aromatic rings. The summed E-state index contributed by atoms with van der Waals surface area (Å²) < 4.78 is 2.36. The third kappa shape index (κ3) is 3.25. The zero-order valence-electron chi connectivity index (χ0n) is 25.3. The topological polar surface area (TPSA) is 30.7 Å². The molecule has 0 aliphatic heterocycles. The molecule has 0 N–H and O–H groups in total. The third-order valence-corrected chi connectivity index (χ3v) is 10.1. The van der Waals surface area contributed by atoms with Crippen LogP contribution in [0.1, 0.15) is 0 Å². The van der Waals surface area contributed by atoms with Gasteiger partial charge in [0, 0.05) is 16.3 Å². The maximum Gasteiger partial charge on any atom is 0.165 e. The van der Waals surface area contributed by atoms with Gasteiger partial charge in [0.15, 0.2) is 5.82 Å². The molecule has 0 spiro atoms. The first-order chi connectivity index (χ1) is 23.3. The summed E-state index contributed by atoms with van der Waals surface area (Å²) in [6.45, 7) is 0. The minimum absolute atomic E-state index is 0.841. The second-order valence-corrected chi connectivity index (χ2v) is 12.5. The van der Waals surface area contributed by atoms with Gasteiger partial charge >= 0.3 is 0 Å². The number of hydrogen-bond acceptors (Lipinski definition) is 2. The van der Waals surface area contributed by atoms with Crippen LogP contribution in [0.25, 0.3) is 104 Å². The molecule has 216 valence electrons. The van der Waals surface area contributed by atoms with Crippen LogP contribution in [0.4, 0.5) is 0 Å². The Morgan fingerprint density at radius 2 is 0.957 bits per heavy atom. The predicted molar refractivity (Wildman–Crippen MR) is 196 cm³/mol. The Labute approximate surface area is 270 Å². The molecule has 47 heavy (non-hydrogen) atoms. The van der Waals surface area contributed by atoms with E-state index in [1.54, 1.807) is 0 Å². The molecule has 0 atom stereocenters. The lowest BCUT2D eigenvalue weighted by Gasteiger charge is -2.19. The molecule has 0 radical (unpaired) electrons. The highest BCUT2D eigenvalue weighted by Gasteiger charge is 2.28. The Balaban J connectivity index is 1.40. The Kier molecular flexibility index (Phi) is 4.84. The lowest BCUT2D eigenvalue weighted by Crippen LogP contribution is -2.04. The van der Waals surface area contributed by atoms with Crippen LogP contribution in [-0.4, -0.2) is 14.5 Å². The average Bonchev–Trinajstić information content (AvgIpc) is 3.41. The number of aromatic nitrogens is 3. The fraction of sp³-hybridized carbons (Fsp3) is 0. The second kappa shape index (κ2) is 9.12. The van der Waals surface area contributed by atoms with Gasteiger partial charge in [-0.2, -0.15) is 0 Å². The van der Waals surface area contributed by atoms with Crippen LogP contribution in [0.15, 0.2) is 152 Å². The Bertz CT molecular complexity index is 2950. The number of rotatable bonds is 2. The highest BCUT2D eigenvalue weighted by atomic mass is 15.1. The third-order valence-electron chi connectivity index (χ3n) is 10.1. The first kappa shape index (κ1) is 24.9. The molecule has 11 rings (SSSR count). The second-order valence-electron chi connectivity index (χ2n) is 12.5. The van der Waals surface area contributed by atoms with Gasteiger partial charge in [0.2, 0.25) is 0 Å². The molecule has 3 nitrogen and oxygen atoms in total. The number of benzene rings is 8. The van der Waals surface area contributed by atoms with E-state index in [2.05, 4.69) is 138 Å². The van der Waals surface area contributed by atoms with Gasteiger partial charge in [-0.15, -0.1) is 0 Å². The molecule has 2 aromatic heterocycles. The molecule has 0 amide bonds. The minimum atomic E-state index is 0.841. The van der Waals surface area contributed by atoms with E-state index >= 15 is 0 Å². The van der Waals surface area contributed by atoms with Gasteiger partial charge in [0.05, 0.1) is 22.1 Å². The minimum Gasteiger partial charge on any atom is -0.292 e. The summed E-state index contributed by atoms with van der Waals surface area (Å²) in [5.74, 6) is 0.841. The number of fused-ring (bicyclic) bond motifs is 9. The van der Waals surface area contributed by atoms with Crippen molar-refractivity contribution in [1.82, 2.24) is 14.5 Å². The van der Waals surface area contributed by atoms with Gasteiger partial charge in [-0.25, -0.2) is 9.97 Å². The molecule has 0 fully saturated rings. The van der Waals surface area contributed by atoms with E-state index in [-0.39, 0.29) is 0 Å². The van der Waals surface area contributed by atoms with Crippen molar-refractivity contribution in [3.05, 3.63) is 152 Å². The Hall–Kier alpha value is -6.32. The monoisotopic (exact) mass is 595 g/mol. The molecule has 0 unspecified atom stereocenters. The largest absolute Gasteiger partial charge is 0.292 e. The van der Waals surface area contributed by atoms with E-state index in [0.717, 1.165) is 39.1 Å². The molecule has 0 saturated heterocycles.